The first kappa shape index (κ1) is 16.3. The van der Waals surface area contributed by atoms with Crippen molar-refractivity contribution < 1.29 is 4.79 Å². The molecule has 1 N–H and O–H groups in total. The molecule has 0 heterocycles. The molecule has 1 amide bonds. The summed E-state index contributed by atoms with van der Waals surface area (Å²) >= 11 is 5.97. The molecule has 1 aliphatic carbocycles. The minimum absolute atomic E-state index is 0.118. The third kappa shape index (κ3) is 4.21. The SMILES string of the molecule is CCN(CC)[C@@H](C(=O)NC1CCCC1)c1ccc(Cl)cc1. The van der Waals surface area contributed by atoms with Crippen molar-refractivity contribution in [2.24, 2.45) is 0 Å². The van der Waals surface area contributed by atoms with Crippen LogP contribution in [-0.2, 0) is 4.79 Å². The lowest BCUT2D eigenvalue weighted by atomic mass is 10.0. The average molecular weight is 309 g/mol. The van der Waals surface area contributed by atoms with E-state index in [1.807, 2.05) is 24.3 Å². The van der Waals surface area contributed by atoms with E-state index in [-0.39, 0.29) is 11.9 Å². The van der Waals surface area contributed by atoms with Gasteiger partial charge in [0.15, 0.2) is 0 Å². The van der Waals surface area contributed by atoms with Crippen LogP contribution >= 0.6 is 11.6 Å². The van der Waals surface area contributed by atoms with Gasteiger partial charge in [-0.3, -0.25) is 9.69 Å². The van der Waals surface area contributed by atoms with Crippen LogP contribution in [0, 0.1) is 0 Å². The molecule has 1 atom stereocenters. The van der Waals surface area contributed by atoms with E-state index in [4.69, 9.17) is 11.6 Å². The Bertz CT molecular complexity index is 450. The molecule has 1 aliphatic rings. The lowest BCUT2D eigenvalue weighted by Gasteiger charge is -2.30. The number of likely N-dealkylation sites (N-methyl/N-ethyl adjacent to an activating group) is 1. The van der Waals surface area contributed by atoms with Gasteiger partial charge in [-0.05, 0) is 43.6 Å². The third-order valence-corrected chi connectivity index (χ3v) is 4.57. The van der Waals surface area contributed by atoms with E-state index >= 15 is 0 Å². The van der Waals surface area contributed by atoms with Crippen LogP contribution in [0.15, 0.2) is 24.3 Å². The number of rotatable bonds is 6. The Morgan fingerprint density at radius 2 is 1.81 bits per heavy atom. The average Bonchev–Trinajstić information content (AvgIpc) is 2.98. The van der Waals surface area contributed by atoms with E-state index in [2.05, 4.69) is 24.1 Å². The summed E-state index contributed by atoms with van der Waals surface area (Å²) in [5.41, 5.74) is 1.01. The van der Waals surface area contributed by atoms with Crippen LogP contribution in [0.2, 0.25) is 5.02 Å². The van der Waals surface area contributed by atoms with E-state index in [0.717, 1.165) is 31.5 Å². The van der Waals surface area contributed by atoms with Crippen molar-refractivity contribution in [3.05, 3.63) is 34.9 Å². The van der Waals surface area contributed by atoms with Crippen molar-refractivity contribution in [1.82, 2.24) is 10.2 Å². The van der Waals surface area contributed by atoms with Crippen LogP contribution in [0.5, 0.6) is 0 Å². The second-order valence-electron chi connectivity index (χ2n) is 5.67. The first-order chi connectivity index (χ1) is 10.2. The largest absolute Gasteiger partial charge is 0.352 e. The number of hydrogen-bond donors (Lipinski definition) is 1. The molecule has 0 unspecified atom stereocenters. The molecule has 4 heteroatoms. The van der Waals surface area contributed by atoms with Crippen LogP contribution in [0.3, 0.4) is 0 Å². The maximum atomic E-state index is 12.8. The van der Waals surface area contributed by atoms with Gasteiger partial charge in [0.05, 0.1) is 0 Å². The molecule has 0 radical (unpaired) electrons. The Kier molecular flexibility index (Phi) is 6.07. The monoisotopic (exact) mass is 308 g/mol. The molecule has 1 aromatic carbocycles. The van der Waals surface area contributed by atoms with Crippen molar-refractivity contribution in [2.75, 3.05) is 13.1 Å². The smallest absolute Gasteiger partial charge is 0.242 e. The highest BCUT2D eigenvalue weighted by molar-refractivity contribution is 6.30. The van der Waals surface area contributed by atoms with Gasteiger partial charge in [0.1, 0.15) is 6.04 Å². The fraction of sp³-hybridized carbons (Fsp3) is 0.588. The number of amides is 1. The summed E-state index contributed by atoms with van der Waals surface area (Å²) in [5.74, 6) is 0.118. The molecule has 1 saturated carbocycles. The van der Waals surface area contributed by atoms with Crippen molar-refractivity contribution in [1.29, 1.82) is 0 Å². The predicted octanol–water partition coefficient (Wildman–Crippen LogP) is 3.78. The van der Waals surface area contributed by atoms with E-state index in [0.29, 0.717) is 11.1 Å². The molecule has 2 rings (SSSR count). The summed E-state index contributed by atoms with van der Waals surface area (Å²) in [4.78, 5) is 14.9. The summed E-state index contributed by atoms with van der Waals surface area (Å²) in [6, 6.07) is 7.76. The maximum Gasteiger partial charge on any atom is 0.242 e. The fourth-order valence-electron chi connectivity index (χ4n) is 3.11. The van der Waals surface area contributed by atoms with Crippen molar-refractivity contribution in [3.8, 4) is 0 Å². The Morgan fingerprint density at radius 1 is 1.24 bits per heavy atom. The molecule has 1 aromatic rings. The van der Waals surface area contributed by atoms with Crippen LogP contribution < -0.4 is 5.32 Å². The molecular formula is C17H25ClN2O. The molecule has 0 aliphatic heterocycles. The molecule has 0 aromatic heterocycles. The van der Waals surface area contributed by atoms with E-state index in [1.54, 1.807) is 0 Å². The summed E-state index contributed by atoms with van der Waals surface area (Å²) in [7, 11) is 0. The zero-order valence-electron chi connectivity index (χ0n) is 12.9. The first-order valence-corrected chi connectivity index (χ1v) is 8.33. The maximum absolute atomic E-state index is 12.8. The Labute approximate surface area is 132 Å². The highest BCUT2D eigenvalue weighted by atomic mass is 35.5. The standard InChI is InChI=1S/C17H25ClN2O/c1-3-20(4-2)16(13-9-11-14(18)12-10-13)17(21)19-15-7-5-6-8-15/h9-12,15-16H,3-8H2,1-2H3,(H,19,21)/t16-/m1/s1. The van der Waals surface area contributed by atoms with Gasteiger partial charge in [-0.25, -0.2) is 0 Å². The first-order valence-electron chi connectivity index (χ1n) is 7.95. The fourth-order valence-corrected chi connectivity index (χ4v) is 3.24. The highest BCUT2D eigenvalue weighted by Gasteiger charge is 2.28. The molecule has 0 saturated heterocycles. The number of nitrogens with one attached hydrogen (secondary N) is 1. The Balaban J connectivity index is 2.18. The van der Waals surface area contributed by atoms with Crippen molar-refractivity contribution >= 4 is 17.5 Å². The summed E-state index contributed by atoms with van der Waals surface area (Å²) in [5, 5.41) is 3.93. The third-order valence-electron chi connectivity index (χ3n) is 4.31. The van der Waals surface area contributed by atoms with E-state index in [9.17, 15) is 4.79 Å². The Morgan fingerprint density at radius 3 is 2.33 bits per heavy atom. The second-order valence-corrected chi connectivity index (χ2v) is 6.10. The predicted molar refractivity (Wildman–Crippen MR) is 87.5 cm³/mol. The summed E-state index contributed by atoms with van der Waals surface area (Å²) < 4.78 is 0. The molecule has 0 bridgehead atoms. The van der Waals surface area contributed by atoms with Crippen molar-refractivity contribution in [3.63, 3.8) is 0 Å². The normalized spacial score (nSPS) is 17.1. The number of benzene rings is 1. The number of carbonyl (C=O) groups is 1. The van der Waals surface area contributed by atoms with Gasteiger partial charge in [-0.1, -0.05) is 50.4 Å². The molecule has 3 nitrogen and oxygen atoms in total. The van der Waals surface area contributed by atoms with E-state index < -0.39 is 0 Å². The van der Waals surface area contributed by atoms with Crippen molar-refractivity contribution in [2.45, 2.75) is 51.6 Å². The molecular weight excluding hydrogens is 284 g/mol. The second kappa shape index (κ2) is 7.81. The molecule has 0 spiro atoms. The number of hydrogen-bond acceptors (Lipinski definition) is 2. The van der Waals surface area contributed by atoms with E-state index in [1.165, 1.54) is 12.8 Å². The van der Waals surface area contributed by atoms with Gasteiger partial charge in [0, 0.05) is 11.1 Å². The van der Waals surface area contributed by atoms with Gasteiger partial charge in [0.25, 0.3) is 0 Å². The van der Waals surface area contributed by atoms with Gasteiger partial charge in [-0.15, -0.1) is 0 Å². The van der Waals surface area contributed by atoms with Crippen LogP contribution in [-0.4, -0.2) is 29.9 Å². The molecule has 21 heavy (non-hydrogen) atoms. The lowest BCUT2D eigenvalue weighted by molar-refractivity contribution is -0.127. The van der Waals surface area contributed by atoms with Crippen LogP contribution in [0.25, 0.3) is 0 Å². The minimum Gasteiger partial charge on any atom is -0.352 e. The topological polar surface area (TPSA) is 32.3 Å². The van der Waals surface area contributed by atoms with Gasteiger partial charge in [0.2, 0.25) is 5.91 Å². The summed E-state index contributed by atoms with van der Waals surface area (Å²) in [6.07, 6.45) is 4.66. The quantitative estimate of drug-likeness (QED) is 0.867. The lowest BCUT2D eigenvalue weighted by Crippen LogP contribution is -2.43. The number of carbonyl (C=O) groups excluding carboxylic acids is 1. The van der Waals surface area contributed by atoms with Gasteiger partial charge >= 0.3 is 0 Å². The molecule has 1 fully saturated rings. The highest BCUT2D eigenvalue weighted by Crippen LogP contribution is 2.24. The van der Waals surface area contributed by atoms with Gasteiger partial charge in [-0.2, -0.15) is 0 Å². The zero-order chi connectivity index (χ0) is 15.2. The number of nitrogens with zero attached hydrogens (tertiary/aromatic N) is 1. The minimum atomic E-state index is -0.224. The van der Waals surface area contributed by atoms with Crippen LogP contribution in [0.1, 0.15) is 51.1 Å². The Hall–Kier alpha value is -1.06. The van der Waals surface area contributed by atoms with Crippen LogP contribution in [0.4, 0.5) is 0 Å². The zero-order valence-corrected chi connectivity index (χ0v) is 13.7. The number of halogens is 1. The molecule has 116 valence electrons. The summed E-state index contributed by atoms with van der Waals surface area (Å²) in [6.45, 7) is 5.88. The van der Waals surface area contributed by atoms with Gasteiger partial charge < -0.3 is 5.32 Å².